The minimum absolute atomic E-state index is 0.0476. The number of para-hydroxylation sites is 1. The normalized spacial score (nSPS) is 13.6. The third-order valence-electron chi connectivity index (χ3n) is 5.75. The Morgan fingerprint density at radius 2 is 1.86 bits per heavy atom. The van der Waals surface area contributed by atoms with Crippen molar-refractivity contribution in [3.05, 3.63) is 89.0 Å². The summed E-state index contributed by atoms with van der Waals surface area (Å²) in [5, 5.41) is 22.3. The molecule has 3 aromatic rings. The van der Waals surface area contributed by atoms with Crippen LogP contribution in [0.3, 0.4) is 0 Å². The van der Waals surface area contributed by atoms with Crippen LogP contribution in [0.4, 0.5) is 5.69 Å². The molecule has 1 atom stereocenters. The van der Waals surface area contributed by atoms with E-state index in [1.54, 1.807) is 42.5 Å². The average molecular weight is 503 g/mol. The maximum atomic E-state index is 13.1. The van der Waals surface area contributed by atoms with Gasteiger partial charge in [-0.05, 0) is 54.3 Å². The largest absolute Gasteiger partial charge is 0.489 e. The van der Waals surface area contributed by atoms with Gasteiger partial charge in [-0.2, -0.15) is 0 Å². The van der Waals surface area contributed by atoms with Gasteiger partial charge in [-0.25, -0.2) is 9.59 Å². The van der Waals surface area contributed by atoms with Gasteiger partial charge in [-0.3, -0.25) is 10.2 Å². The SMILES string of the molecule is N=C(N)Nc1ccc2c(c1)CCCOc1c(cccc1C(=O)N[C@@H](Cc1ccccc1)C(=O)O)OC2=O. The summed E-state index contributed by atoms with van der Waals surface area (Å²) in [7, 11) is 0. The number of nitrogens with two attached hydrogens (primary N) is 1. The predicted octanol–water partition coefficient (Wildman–Crippen LogP) is 2.96. The zero-order valence-corrected chi connectivity index (χ0v) is 19.8. The van der Waals surface area contributed by atoms with Crippen LogP contribution in [0.2, 0.25) is 0 Å². The molecule has 6 N–H and O–H groups in total. The minimum Gasteiger partial charge on any atom is -0.489 e. The summed E-state index contributed by atoms with van der Waals surface area (Å²) >= 11 is 0. The number of ether oxygens (including phenoxy) is 2. The lowest BCUT2D eigenvalue weighted by Gasteiger charge is -2.20. The first-order valence-electron chi connectivity index (χ1n) is 11.6. The molecule has 0 radical (unpaired) electrons. The third-order valence-corrected chi connectivity index (χ3v) is 5.75. The van der Waals surface area contributed by atoms with E-state index in [2.05, 4.69) is 10.6 Å². The maximum Gasteiger partial charge on any atom is 0.343 e. The van der Waals surface area contributed by atoms with E-state index >= 15 is 0 Å². The Balaban J connectivity index is 1.59. The number of amides is 1. The molecular formula is C27H26N4O6. The quantitative estimate of drug-likeness (QED) is 0.149. The number of carbonyl (C=O) groups is 3. The van der Waals surface area contributed by atoms with Crippen LogP contribution in [0.1, 0.15) is 38.3 Å². The predicted molar refractivity (Wildman–Crippen MR) is 136 cm³/mol. The molecule has 1 aliphatic rings. The first kappa shape index (κ1) is 25.2. The number of carbonyl (C=O) groups excluding carboxylic acids is 2. The van der Waals surface area contributed by atoms with Gasteiger partial charge in [0.1, 0.15) is 6.04 Å². The van der Waals surface area contributed by atoms with Gasteiger partial charge in [0.05, 0.1) is 17.7 Å². The van der Waals surface area contributed by atoms with Crippen molar-refractivity contribution in [2.45, 2.75) is 25.3 Å². The number of carboxylic acids is 1. The molecule has 0 aliphatic carbocycles. The Bertz CT molecular complexity index is 1340. The summed E-state index contributed by atoms with van der Waals surface area (Å²) in [6.45, 7) is 0.213. The van der Waals surface area contributed by atoms with Crippen molar-refractivity contribution >= 4 is 29.5 Å². The molecule has 0 unspecified atom stereocenters. The van der Waals surface area contributed by atoms with Gasteiger partial charge in [-0.15, -0.1) is 0 Å². The van der Waals surface area contributed by atoms with Crippen molar-refractivity contribution in [1.29, 1.82) is 5.41 Å². The van der Waals surface area contributed by atoms with Gasteiger partial charge in [0.25, 0.3) is 5.91 Å². The number of nitrogens with one attached hydrogen (secondary N) is 3. The molecule has 190 valence electrons. The third kappa shape index (κ3) is 6.23. The Kier molecular flexibility index (Phi) is 7.68. The lowest BCUT2D eigenvalue weighted by molar-refractivity contribution is -0.139. The van der Waals surface area contributed by atoms with Gasteiger partial charge in [0, 0.05) is 12.1 Å². The molecule has 0 aromatic heterocycles. The molecule has 0 saturated heterocycles. The number of hydrogen-bond acceptors (Lipinski definition) is 6. The summed E-state index contributed by atoms with van der Waals surface area (Å²) in [5.74, 6) is -2.58. The van der Waals surface area contributed by atoms with E-state index in [1.807, 2.05) is 6.07 Å². The molecule has 0 spiro atoms. The van der Waals surface area contributed by atoms with E-state index in [0.29, 0.717) is 29.7 Å². The zero-order valence-electron chi connectivity index (χ0n) is 19.8. The van der Waals surface area contributed by atoms with Crippen LogP contribution in [-0.2, 0) is 17.6 Å². The van der Waals surface area contributed by atoms with Gasteiger partial charge >= 0.3 is 11.9 Å². The van der Waals surface area contributed by atoms with Crippen LogP contribution >= 0.6 is 0 Å². The van der Waals surface area contributed by atoms with E-state index in [4.69, 9.17) is 20.6 Å². The lowest BCUT2D eigenvalue weighted by atomic mass is 10.0. The highest BCUT2D eigenvalue weighted by Crippen LogP contribution is 2.34. The van der Waals surface area contributed by atoms with Crippen LogP contribution in [0, 0.1) is 5.41 Å². The second-order valence-corrected chi connectivity index (χ2v) is 8.44. The molecule has 0 bridgehead atoms. The Morgan fingerprint density at radius 1 is 1.08 bits per heavy atom. The first-order chi connectivity index (χ1) is 17.8. The molecule has 4 rings (SSSR count). The van der Waals surface area contributed by atoms with Crippen molar-refractivity contribution in [2.24, 2.45) is 5.73 Å². The zero-order chi connectivity index (χ0) is 26.4. The molecule has 1 heterocycles. The van der Waals surface area contributed by atoms with E-state index in [-0.39, 0.29) is 36.0 Å². The van der Waals surface area contributed by atoms with Crippen LogP contribution in [0.5, 0.6) is 11.5 Å². The number of fused-ring (bicyclic) bond motifs is 2. The van der Waals surface area contributed by atoms with Gasteiger partial charge in [-0.1, -0.05) is 36.4 Å². The number of rotatable bonds is 6. The van der Waals surface area contributed by atoms with E-state index in [1.165, 1.54) is 18.2 Å². The number of aryl methyl sites for hydroxylation is 1. The second kappa shape index (κ2) is 11.3. The van der Waals surface area contributed by atoms with Gasteiger partial charge in [0.2, 0.25) is 0 Å². The van der Waals surface area contributed by atoms with E-state index < -0.39 is 23.9 Å². The van der Waals surface area contributed by atoms with Gasteiger partial charge in [0.15, 0.2) is 17.5 Å². The maximum absolute atomic E-state index is 13.1. The molecular weight excluding hydrogens is 476 g/mol. The number of benzene rings is 3. The highest BCUT2D eigenvalue weighted by molar-refractivity contribution is 6.01. The molecule has 3 aromatic carbocycles. The highest BCUT2D eigenvalue weighted by Gasteiger charge is 2.26. The van der Waals surface area contributed by atoms with E-state index in [0.717, 1.165) is 5.56 Å². The van der Waals surface area contributed by atoms with Crippen molar-refractivity contribution in [3.63, 3.8) is 0 Å². The van der Waals surface area contributed by atoms with Crippen molar-refractivity contribution in [2.75, 3.05) is 11.9 Å². The number of anilines is 1. The van der Waals surface area contributed by atoms with Crippen LogP contribution < -0.4 is 25.8 Å². The summed E-state index contributed by atoms with van der Waals surface area (Å²) in [4.78, 5) is 38.0. The van der Waals surface area contributed by atoms with Gasteiger partial charge < -0.3 is 30.9 Å². The second-order valence-electron chi connectivity index (χ2n) is 8.44. The van der Waals surface area contributed by atoms with Crippen LogP contribution in [0.15, 0.2) is 66.7 Å². The fourth-order valence-corrected chi connectivity index (χ4v) is 4.03. The van der Waals surface area contributed by atoms with Crippen molar-refractivity contribution in [1.82, 2.24) is 5.32 Å². The van der Waals surface area contributed by atoms with Crippen LogP contribution in [-0.4, -0.2) is 41.6 Å². The fourth-order valence-electron chi connectivity index (χ4n) is 4.03. The Labute approximate surface area is 212 Å². The number of guanidine groups is 1. The molecule has 37 heavy (non-hydrogen) atoms. The summed E-state index contributed by atoms with van der Waals surface area (Å²) in [6, 6.07) is 17.3. The minimum atomic E-state index is -1.17. The smallest absolute Gasteiger partial charge is 0.343 e. The Hall–Kier alpha value is -4.86. The number of carboxylic acid groups (broad SMARTS) is 1. The molecule has 0 saturated carbocycles. The number of hydrogen-bond donors (Lipinski definition) is 5. The molecule has 0 fully saturated rings. The molecule has 10 heteroatoms. The lowest BCUT2D eigenvalue weighted by Crippen LogP contribution is -2.42. The summed E-state index contributed by atoms with van der Waals surface area (Å²) < 4.78 is 11.5. The van der Waals surface area contributed by atoms with E-state index in [9.17, 15) is 19.5 Å². The molecule has 1 aliphatic heterocycles. The average Bonchev–Trinajstić information content (AvgIpc) is 2.86. The van der Waals surface area contributed by atoms with Crippen molar-refractivity contribution < 1.29 is 29.0 Å². The summed E-state index contributed by atoms with van der Waals surface area (Å²) in [6.07, 6.45) is 1.09. The highest BCUT2D eigenvalue weighted by atomic mass is 16.6. The topological polar surface area (TPSA) is 164 Å². The standard InChI is InChI=1S/C27H26N4O6/c28-27(29)30-18-11-12-19-17(15-18)8-5-13-36-23-20(9-4-10-22(23)37-26(19)35)24(32)31-21(25(33)34)14-16-6-2-1-3-7-16/h1-4,6-7,9-12,15,21H,5,8,13-14H2,(H,31,32)(H,33,34)(H4,28,29,30)/t21-/m0/s1. The molecule has 10 nitrogen and oxygen atoms in total. The molecule has 1 amide bonds. The van der Waals surface area contributed by atoms with Crippen LogP contribution in [0.25, 0.3) is 0 Å². The fraction of sp³-hybridized carbons (Fsp3) is 0.185. The first-order valence-corrected chi connectivity index (χ1v) is 11.6. The monoisotopic (exact) mass is 502 g/mol. The Morgan fingerprint density at radius 3 is 2.59 bits per heavy atom. The summed E-state index contributed by atoms with van der Waals surface area (Å²) in [5.41, 5.74) is 7.83. The van der Waals surface area contributed by atoms with Crippen molar-refractivity contribution in [3.8, 4) is 11.5 Å². The number of aliphatic carboxylic acids is 1. The number of esters is 1.